The number of hydrogen-bond donors (Lipinski definition) is 0. The Morgan fingerprint density at radius 2 is 1.64 bits per heavy atom. The molecule has 1 aromatic heterocycles. The second-order valence-corrected chi connectivity index (χ2v) is 10.7. The monoisotopic (exact) mass is 505 g/mol. The summed E-state index contributed by atoms with van der Waals surface area (Å²) in [5.74, 6) is -0.356. The van der Waals surface area contributed by atoms with Crippen molar-refractivity contribution in [3.63, 3.8) is 0 Å². The molecule has 2 aromatic carbocycles. The van der Waals surface area contributed by atoms with Crippen LogP contribution in [0.1, 0.15) is 51.3 Å². The Hall–Kier alpha value is -3.03. The fraction of sp³-hybridized carbons (Fsp3) is 0.379. The number of halogens is 1. The van der Waals surface area contributed by atoms with Gasteiger partial charge in [-0.3, -0.25) is 14.5 Å². The van der Waals surface area contributed by atoms with Crippen molar-refractivity contribution in [3.05, 3.63) is 92.9 Å². The summed E-state index contributed by atoms with van der Waals surface area (Å²) in [5.41, 5.74) is 4.27. The van der Waals surface area contributed by atoms with E-state index in [1.807, 2.05) is 11.8 Å². The molecule has 36 heavy (non-hydrogen) atoms. The van der Waals surface area contributed by atoms with E-state index in [0.29, 0.717) is 31.7 Å². The van der Waals surface area contributed by atoms with Gasteiger partial charge in [0, 0.05) is 43.2 Å². The summed E-state index contributed by atoms with van der Waals surface area (Å²) < 4.78 is 13.3. The maximum absolute atomic E-state index is 13.8. The van der Waals surface area contributed by atoms with E-state index in [0.717, 1.165) is 19.4 Å². The quantitative estimate of drug-likeness (QED) is 0.506. The van der Waals surface area contributed by atoms with Gasteiger partial charge in [0.05, 0.1) is 12.1 Å². The van der Waals surface area contributed by atoms with Gasteiger partial charge in [-0.15, -0.1) is 11.3 Å². The molecule has 0 N–H and O–H groups in total. The van der Waals surface area contributed by atoms with Gasteiger partial charge in [0.1, 0.15) is 5.82 Å². The Kier molecular flexibility index (Phi) is 7.21. The molecule has 0 radical (unpaired) electrons. The van der Waals surface area contributed by atoms with Crippen LogP contribution in [-0.2, 0) is 11.2 Å². The van der Waals surface area contributed by atoms with Crippen molar-refractivity contribution in [2.45, 2.75) is 38.8 Å². The molecule has 3 heterocycles. The van der Waals surface area contributed by atoms with Crippen molar-refractivity contribution in [2.75, 3.05) is 32.7 Å². The van der Waals surface area contributed by atoms with Crippen molar-refractivity contribution in [1.82, 2.24) is 14.7 Å². The zero-order chi connectivity index (χ0) is 25.2. The Morgan fingerprint density at radius 3 is 2.42 bits per heavy atom. The van der Waals surface area contributed by atoms with Crippen molar-refractivity contribution in [1.29, 1.82) is 0 Å². The van der Waals surface area contributed by atoms with Gasteiger partial charge in [0.2, 0.25) is 5.91 Å². The highest BCUT2D eigenvalue weighted by atomic mass is 32.1. The normalized spacial score (nSPS) is 19.5. The largest absolute Gasteiger partial charge is 0.340 e. The van der Waals surface area contributed by atoms with Gasteiger partial charge < -0.3 is 9.80 Å². The lowest BCUT2D eigenvalue weighted by Crippen LogP contribution is -2.51. The Morgan fingerprint density at radius 1 is 0.917 bits per heavy atom. The van der Waals surface area contributed by atoms with Gasteiger partial charge in [-0.05, 0) is 79.1 Å². The molecule has 0 saturated carbocycles. The van der Waals surface area contributed by atoms with E-state index in [9.17, 15) is 14.0 Å². The average molecular weight is 506 g/mol. The topological polar surface area (TPSA) is 43.9 Å². The molecule has 2 aliphatic heterocycles. The van der Waals surface area contributed by atoms with Crippen LogP contribution in [0.4, 0.5) is 4.39 Å². The van der Waals surface area contributed by atoms with Crippen molar-refractivity contribution in [3.8, 4) is 0 Å². The molecule has 5 nitrogen and oxygen atoms in total. The van der Waals surface area contributed by atoms with Crippen LogP contribution >= 0.6 is 11.3 Å². The molecule has 2 atom stereocenters. The third kappa shape index (κ3) is 4.82. The SMILES string of the molecule is Cc1ccccc1[C@H]1c2ccsc2CCN1[C@H](C)C(=O)N1CCCN(C(=O)c2ccc(F)cc2)CC1. The van der Waals surface area contributed by atoms with E-state index in [-0.39, 0.29) is 29.7 Å². The fourth-order valence-electron chi connectivity index (χ4n) is 5.51. The van der Waals surface area contributed by atoms with Crippen LogP contribution in [0.25, 0.3) is 0 Å². The first-order chi connectivity index (χ1) is 17.4. The molecule has 2 amide bonds. The summed E-state index contributed by atoms with van der Waals surface area (Å²) in [7, 11) is 0. The molecule has 0 aliphatic carbocycles. The molecule has 0 unspecified atom stereocenters. The Bertz CT molecular complexity index is 1240. The van der Waals surface area contributed by atoms with Crippen LogP contribution in [-0.4, -0.2) is 65.3 Å². The van der Waals surface area contributed by atoms with Crippen molar-refractivity contribution >= 4 is 23.2 Å². The third-order valence-corrected chi connectivity index (χ3v) is 8.52. The predicted octanol–water partition coefficient (Wildman–Crippen LogP) is 4.91. The molecule has 188 valence electrons. The van der Waals surface area contributed by atoms with Gasteiger partial charge >= 0.3 is 0 Å². The zero-order valence-corrected chi connectivity index (χ0v) is 21.6. The molecule has 2 aliphatic rings. The smallest absolute Gasteiger partial charge is 0.253 e. The summed E-state index contributed by atoms with van der Waals surface area (Å²) in [5, 5.41) is 2.16. The molecule has 5 rings (SSSR count). The lowest BCUT2D eigenvalue weighted by molar-refractivity contribution is -0.137. The summed E-state index contributed by atoms with van der Waals surface area (Å²) in [6.45, 7) is 7.19. The van der Waals surface area contributed by atoms with Crippen LogP contribution in [0.5, 0.6) is 0 Å². The number of benzene rings is 2. The molecular formula is C29H32FN3O2S. The number of aryl methyl sites for hydroxylation is 1. The minimum absolute atomic E-state index is 0.0590. The number of hydrogen-bond acceptors (Lipinski definition) is 4. The number of nitrogens with zero attached hydrogens (tertiary/aromatic N) is 3. The molecule has 0 bridgehead atoms. The Balaban J connectivity index is 1.32. The number of rotatable bonds is 4. The second-order valence-electron chi connectivity index (χ2n) is 9.70. The fourth-order valence-corrected chi connectivity index (χ4v) is 6.42. The summed E-state index contributed by atoms with van der Waals surface area (Å²) >= 11 is 1.80. The minimum Gasteiger partial charge on any atom is -0.340 e. The van der Waals surface area contributed by atoms with Crippen molar-refractivity contribution < 1.29 is 14.0 Å². The maximum Gasteiger partial charge on any atom is 0.253 e. The molecule has 7 heteroatoms. The predicted molar refractivity (Wildman–Crippen MR) is 141 cm³/mol. The molecule has 3 aromatic rings. The van der Waals surface area contributed by atoms with E-state index in [2.05, 4.69) is 47.5 Å². The first-order valence-corrected chi connectivity index (χ1v) is 13.5. The van der Waals surface area contributed by atoms with Gasteiger partial charge in [0.25, 0.3) is 5.91 Å². The highest BCUT2D eigenvalue weighted by molar-refractivity contribution is 7.10. The summed E-state index contributed by atoms with van der Waals surface area (Å²) in [6, 6.07) is 16.1. The summed E-state index contributed by atoms with van der Waals surface area (Å²) in [6.07, 6.45) is 1.67. The third-order valence-electron chi connectivity index (χ3n) is 7.53. The van der Waals surface area contributed by atoms with Crippen LogP contribution in [0.2, 0.25) is 0 Å². The highest BCUT2D eigenvalue weighted by Gasteiger charge is 2.37. The first-order valence-electron chi connectivity index (χ1n) is 12.6. The number of carbonyl (C=O) groups excluding carboxylic acids is 2. The Labute approximate surface area is 216 Å². The van der Waals surface area contributed by atoms with E-state index < -0.39 is 0 Å². The first kappa shape index (κ1) is 24.7. The number of fused-ring (bicyclic) bond motifs is 1. The molecule has 1 saturated heterocycles. The number of carbonyl (C=O) groups is 2. The van der Waals surface area contributed by atoms with E-state index in [1.165, 1.54) is 45.8 Å². The van der Waals surface area contributed by atoms with Crippen molar-refractivity contribution in [2.24, 2.45) is 0 Å². The van der Waals surface area contributed by atoms with Crippen LogP contribution in [0.3, 0.4) is 0 Å². The van der Waals surface area contributed by atoms with Gasteiger partial charge in [0.15, 0.2) is 0 Å². The average Bonchev–Trinajstić information content (AvgIpc) is 3.24. The van der Waals surface area contributed by atoms with E-state index in [1.54, 1.807) is 16.2 Å². The van der Waals surface area contributed by atoms with E-state index >= 15 is 0 Å². The maximum atomic E-state index is 13.8. The minimum atomic E-state index is -0.357. The van der Waals surface area contributed by atoms with Gasteiger partial charge in [-0.2, -0.15) is 0 Å². The zero-order valence-electron chi connectivity index (χ0n) is 20.8. The second kappa shape index (κ2) is 10.5. The molecule has 1 fully saturated rings. The van der Waals surface area contributed by atoms with E-state index in [4.69, 9.17) is 0 Å². The standard InChI is InChI=1S/C29H32FN3O2S/c1-20-6-3-4-7-24(20)27-25-13-19-36-26(25)12-16-33(27)21(2)28(34)31-14-5-15-32(18-17-31)29(35)22-8-10-23(30)11-9-22/h3-4,6-11,13,19,21,27H,5,12,14-18H2,1-2H3/t21-,27+/m1/s1. The molecule has 0 spiro atoms. The highest BCUT2D eigenvalue weighted by Crippen LogP contribution is 2.40. The van der Waals surface area contributed by atoms with Gasteiger partial charge in [-0.25, -0.2) is 4.39 Å². The van der Waals surface area contributed by atoms with Crippen LogP contribution in [0, 0.1) is 12.7 Å². The lowest BCUT2D eigenvalue weighted by atomic mass is 9.89. The number of amides is 2. The van der Waals surface area contributed by atoms with Crippen LogP contribution in [0.15, 0.2) is 60.0 Å². The summed E-state index contributed by atoms with van der Waals surface area (Å²) in [4.78, 5) is 34.2. The molecular weight excluding hydrogens is 473 g/mol. The number of thiophene rings is 1. The lowest BCUT2D eigenvalue weighted by Gasteiger charge is -2.41. The van der Waals surface area contributed by atoms with Crippen LogP contribution < -0.4 is 0 Å². The van der Waals surface area contributed by atoms with Gasteiger partial charge in [-0.1, -0.05) is 24.3 Å².